The van der Waals surface area contributed by atoms with Crippen LogP contribution in [0.4, 0.5) is 0 Å². The lowest BCUT2D eigenvalue weighted by atomic mass is 10.0. The topological polar surface area (TPSA) is 30.2 Å². The fraction of sp³-hybridized carbons (Fsp3) is 0. The Hall–Kier alpha value is -2.13. The van der Waals surface area contributed by atoms with E-state index in [1.807, 2.05) is 41.8 Å². The molecule has 88 valence electrons. The van der Waals surface area contributed by atoms with Gasteiger partial charge < -0.3 is 4.42 Å². The Morgan fingerprint density at radius 2 is 1.89 bits per heavy atom. The van der Waals surface area contributed by atoms with Crippen LogP contribution < -0.4 is 0 Å². The summed E-state index contributed by atoms with van der Waals surface area (Å²) in [7, 11) is 0. The van der Waals surface area contributed by atoms with Gasteiger partial charge in [-0.3, -0.25) is 4.79 Å². The Morgan fingerprint density at radius 1 is 1.00 bits per heavy atom. The van der Waals surface area contributed by atoms with E-state index in [4.69, 9.17) is 4.42 Å². The molecule has 0 N–H and O–H groups in total. The zero-order chi connectivity index (χ0) is 12.4. The van der Waals surface area contributed by atoms with Crippen LogP contribution in [0.15, 0.2) is 64.6 Å². The number of carbonyl (C=O) groups excluding carboxylic acids is 1. The Kier molecular flexibility index (Phi) is 2.82. The van der Waals surface area contributed by atoms with E-state index in [1.165, 1.54) is 6.26 Å². The van der Waals surface area contributed by atoms with Crippen LogP contribution in [0.2, 0.25) is 0 Å². The molecule has 18 heavy (non-hydrogen) atoms. The normalized spacial score (nSPS) is 10.4. The van der Waals surface area contributed by atoms with Crippen molar-refractivity contribution in [1.82, 2.24) is 0 Å². The second kappa shape index (κ2) is 4.63. The van der Waals surface area contributed by atoms with E-state index in [-0.39, 0.29) is 5.78 Å². The van der Waals surface area contributed by atoms with Crippen LogP contribution in [-0.4, -0.2) is 5.78 Å². The van der Waals surface area contributed by atoms with Crippen molar-refractivity contribution >= 4 is 17.1 Å². The van der Waals surface area contributed by atoms with Gasteiger partial charge in [-0.05, 0) is 23.6 Å². The Balaban J connectivity index is 2.10. The van der Waals surface area contributed by atoms with Gasteiger partial charge in [0.15, 0.2) is 5.76 Å². The van der Waals surface area contributed by atoms with Gasteiger partial charge in [0.05, 0.1) is 6.26 Å². The molecule has 0 aliphatic heterocycles. The maximum atomic E-state index is 12.3. The van der Waals surface area contributed by atoms with Crippen LogP contribution in [0, 0.1) is 0 Å². The van der Waals surface area contributed by atoms with Gasteiger partial charge in [-0.2, -0.15) is 0 Å². The van der Waals surface area contributed by atoms with Crippen molar-refractivity contribution in [3.05, 3.63) is 71.5 Å². The molecule has 0 unspecified atom stereocenters. The van der Waals surface area contributed by atoms with Crippen molar-refractivity contribution in [3.8, 4) is 10.4 Å². The molecule has 0 aliphatic carbocycles. The number of rotatable bonds is 3. The number of furan rings is 1. The quantitative estimate of drug-likeness (QED) is 0.654. The lowest BCUT2D eigenvalue weighted by Gasteiger charge is -2.05. The van der Waals surface area contributed by atoms with E-state index in [0.717, 1.165) is 10.4 Å². The highest BCUT2D eigenvalue weighted by Crippen LogP contribution is 2.29. The SMILES string of the molecule is O=C(c1ccco1)c1ccccc1-c1cccs1. The molecule has 0 atom stereocenters. The van der Waals surface area contributed by atoms with Crippen molar-refractivity contribution in [2.24, 2.45) is 0 Å². The molecule has 0 saturated heterocycles. The van der Waals surface area contributed by atoms with Crippen molar-refractivity contribution in [3.63, 3.8) is 0 Å². The van der Waals surface area contributed by atoms with Gasteiger partial charge in [0.2, 0.25) is 5.78 Å². The summed E-state index contributed by atoms with van der Waals surface area (Å²) in [5, 5.41) is 2.00. The minimum atomic E-state index is -0.0796. The first-order valence-electron chi connectivity index (χ1n) is 5.57. The Bertz CT molecular complexity index is 652. The van der Waals surface area contributed by atoms with Crippen LogP contribution in [0.25, 0.3) is 10.4 Å². The minimum Gasteiger partial charge on any atom is -0.461 e. The van der Waals surface area contributed by atoms with Gasteiger partial charge >= 0.3 is 0 Å². The van der Waals surface area contributed by atoms with Gasteiger partial charge in [0, 0.05) is 16.0 Å². The summed E-state index contributed by atoms with van der Waals surface area (Å²) in [6, 6.07) is 15.0. The Morgan fingerprint density at radius 3 is 2.61 bits per heavy atom. The fourth-order valence-corrected chi connectivity index (χ4v) is 2.63. The van der Waals surface area contributed by atoms with Gasteiger partial charge in [0.1, 0.15) is 0 Å². The zero-order valence-corrected chi connectivity index (χ0v) is 10.3. The molecule has 0 radical (unpaired) electrons. The summed E-state index contributed by atoms with van der Waals surface area (Å²) < 4.78 is 5.18. The van der Waals surface area contributed by atoms with Crippen LogP contribution in [-0.2, 0) is 0 Å². The molecule has 0 aliphatic rings. The average molecular weight is 254 g/mol. The third kappa shape index (κ3) is 1.89. The largest absolute Gasteiger partial charge is 0.461 e. The van der Waals surface area contributed by atoms with E-state index in [9.17, 15) is 4.79 Å². The zero-order valence-electron chi connectivity index (χ0n) is 9.50. The highest BCUT2D eigenvalue weighted by molar-refractivity contribution is 7.13. The molecule has 2 nitrogen and oxygen atoms in total. The molecule has 1 aromatic carbocycles. The Labute approximate surface area is 109 Å². The van der Waals surface area contributed by atoms with E-state index in [0.29, 0.717) is 11.3 Å². The first kappa shape index (κ1) is 11.0. The van der Waals surface area contributed by atoms with E-state index >= 15 is 0 Å². The fourth-order valence-electron chi connectivity index (χ4n) is 1.87. The second-order valence-electron chi connectivity index (χ2n) is 3.83. The van der Waals surface area contributed by atoms with Crippen LogP contribution >= 0.6 is 11.3 Å². The summed E-state index contributed by atoms with van der Waals surface area (Å²) in [5.41, 5.74) is 1.63. The summed E-state index contributed by atoms with van der Waals surface area (Å²) in [5.74, 6) is 0.294. The van der Waals surface area contributed by atoms with Gasteiger partial charge in [0.25, 0.3) is 0 Å². The third-order valence-corrected chi connectivity index (χ3v) is 3.61. The van der Waals surface area contributed by atoms with Crippen LogP contribution in [0.5, 0.6) is 0 Å². The summed E-state index contributed by atoms with van der Waals surface area (Å²) in [6.07, 6.45) is 1.51. The predicted molar refractivity (Wildman–Crippen MR) is 71.9 cm³/mol. The first-order valence-corrected chi connectivity index (χ1v) is 6.45. The van der Waals surface area contributed by atoms with Gasteiger partial charge in [-0.25, -0.2) is 0 Å². The molecule has 0 amide bonds. The van der Waals surface area contributed by atoms with Crippen LogP contribution in [0.1, 0.15) is 16.1 Å². The molecular formula is C15H10O2S. The van der Waals surface area contributed by atoms with Crippen molar-refractivity contribution in [2.45, 2.75) is 0 Å². The molecule has 3 heteroatoms. The molecule has 0 saturated carbocycles. The molecule has 3 rings (SSSR count). The van der Waals surface area contributed by atoms with Crippen LogP contribution in [0.3, 0.4) is 0 Å². The summed E-state index contributed by atoms with van der Waals surface area (Å²) in [6.45, 7) is 0. The highest BCUT2D eigenvalue weighted by Gasteiger charge is 2.16. The maximum absolute atomic E-state index is 12.3. The molecule has 2 aromatic heterocycles. The average Bonchev–Trinajstić information content (AvgIpc) is 3.11. The monoisotopic (exact) mass is 254 g/mol. The number of ketones is 1. The van der Waals surface area contributed by atoms with E-state index in [2.05, 4.69) is 0 Å². The van der Waals surface area contributed by atoms with Crippen molar-refractivity contribution < 1.29 is 9.21 Å². The standard InChI is InChI=1S/C15H10O2S/c16-15(13-7-3-9-17-13)12-6-2-1-5-11(12)14-8-4-10-18-14/h1-10H. The van der Waals surface area contributed by atoms with E-state index in [1.54, 1.807) is 23.5 Å². The number of hydrogen-bond acceptors (Lipinski definition) is 3. The molecule has 0 bridgehead atoms. The smallest absolute Gasteiger partial charge is 0.228 e. The number of benzene rings is 1. The number of thiophene rings is 1. The molecule has 0 spiro atoms. The van der Waals surface area contributed by atoms with Gasteiger partial charge in [-0.1, -0.05) is 30.3 Å². The highest BCUT2D eigenvalue weighted by atomic mass is 32.1. The first-order chi connectivity index (χ1) is 8.86. The predicted octanol–water partition coefficient (Wildman–Crippen LogP) is 4.24. The molecule has 3 aromatic rings. The molecule has 2 heterocycles. The lowest BCUT2D eigenvalue weighted by Crippen LogP contribution is -2.01. The lowest BCUT2D eigenvalue weighted by molar-refractivity contribution is 0.101. The molecular weight excluding hydrogens is 244 g/mol. The summed E-state index contributed by atoms with van der Waals surface area (Å²) >= 11 is 1.62. The number of carbonyl (C=O) groups is 1. The van der Waals surface area contributed by atoms with Gasteiger partial charge in [-0.15, -0.1) is 11.3 Å². The molecule has 0 fully saturated rings. The minimum absolute atomic E-state index is 0.0796. The van der Waals surface area contributed by atoms with E-state index < -0.39 is 0 Å². The van der Waals surface area contributed by atoms with Crippen molar-refractivity contribution in [2.75, 3.05) is 0 Å². The number of hydrogen-bond donors (Lipinski definition) is 0. The summed E-state index contributed by atoms with van der Waals surface area (Å²) in [4.78, 5) is 13.4. The maximum Gasteiger partial charge on any atom is 0.228 e. The third-order valence-electron chi connectivity index (χ3n) is 2.70. The van der Waals surface area contributed by atoms with Crippen molar-refractivity contribution in [1.29, 1.82) is 0 Å². The second-order valence-corrected chi connectivity index (χ2v) is 4.78.